The minimum atomic E-state index is -0.553. The van der Waals surface area contributed by atoms with Gasteiger partial charge in [-0.1, -0.05) is 34.1 Å². The molecule has 29 heavy (non-hydrogen) atoms. The SMILES string of the molecule is O=[N+]([O-])c1cccc([C@H]2Oc3c(Br)cc(Br)cc3[C@@H]3CC(c4cccs4)=NN23)c1. The van der Waals surface area contributed by atoms with E-state index in [0.29, 0.717) is 5.56 Å². The quantitative estimate of drug-likeness (QED) is 0.287. The molecule has 6 nitrogen and oxygen atoms in total. The van der Waals surface area contributed by atoms with Crippen LogP contribution < -0.4 is 4.74 Å². The van der Waals surface area contributed by atoms with E-state index >= 15 is 0 Å². The number of nitro groups is 1. The van der Waals surface area contributed by atoms with Gasteiger partial charge in [-0.2, -0.15) is 5.10 Å². The average molecular weight is 535 g/mol. The summed E-state index contributed by atoms with van der Waals surface area (Å²) < 4.78 is 8.13. The lowest BCUT2D eigenvalue weighted by atomic mass is 9.97. The molecule has 0 aliphatic carbocycles. The fraction of sp³-hybridized carbons (Fsp3) is 0.150. The van der Waals surface area contributed by atoms with Gasteiger partial charge in [0.05, 0.1) is 26.0 Å². The molecule has 1 aromatic heterocycles. The van der Waals surface area contributed by atoms with E-state index in [2.05, 4.69) is 37.9 Å². The van der Waals surface area contributed by atoms with Crippen molar-refractivity contribution in [2.75, 3.05) is 0 Å². The molecular formula is C20H13Br2N3O3S. The van der Waals surface area contributed by atoms with Crippen molar-refractivity contribution in [3.63, 3.8) is 0 Å². The number of non-ortho nitro benzene ring substituents is 1. The Kier molecular flexibility index (Phi) is 4.68. The first-order chi connectivity index (χ1) is 14.0. The summed E-state index contributed by atoms with van der Waals surface area (Å²) in [6, 6.07) is 14.6. The highest BCUT2D eigenvalue weighted by molar-refractivity contribution is 9.11. The standard InChI is InChI=1S/C20H13Br2N3O3S/c21-12-8-14-17-10-16(18-5-2-6-29-18)23-24(17)20(28-19(14)15(22)9-12)11-3-1-4-13(7-11)25(26)27/h1-9,17,20H,10H2/t17-,20+/m0/s1. The normalized spacial score (nSPS) is 19.9. The molecule has 3 heterocycles. The van der Waals surface area contributed by atoms with E-state index in [1.807, 2.05) is 34.7 Å². The minimum absolute atomic E-state index is 0.0195. The van der Waals surface area contributed by atoms with Crippen LogP contribution in [0.15, 0.2) is 68.0 Å². The maximum absolute atomic E-state index is 11.3. The summed E-state index contributed by atoms with van der Waals surface area (Å²) in [6.45, 7) is 0. The van der Waals surface area contributed by atoms with Crippen LogP contribution in [-0.2, 0) is 0 Å². The van der Waals surface area contributed by atoms with Gasteiger partial charge in [-0.05, 0) is 39.5 Å². The molecular weight excluding hydrogens is 522 g/mol. The summed E-state index contributed by atoms with van der Waals surface area (Å²) in [5.74, 6) is 0.744. The Balaban J connectivity index is 1.64. The lowest BCUT2D eigenvalue weighted by Crippen LogP contribution is -2.34. The second-order valence-corrected chi connectivity index (χ2v) is 9.47. The maximum atomic E-state index is 11.3. The van der Waals surface area contributed by atoms with Gasteiger partial charge in [-0.3, -0.25) is 10.1 Å². The van der Waals surface area contributed by atoms with Gasteiger partial charge in [0, 0.05) is 34.2 Å². The number of nitrogens with zero attached hydrogens (tertiary/aromatic N) is 3. The van der Waals surface area contributed by atoms with Crippen LogP contribution in [0.3, 0.4) is 0 Å². The van der Waals surface area contributed by atoms with Crippen molar-refractivity contribution in [3.8, 4) is 5.75 Å². The summed E-state index contributed by atoms with van der Waals surface area (Å²) in [5.41, 5.74) is 2.75. The van der Waals surface area contributed by atoms with E-state index in [0.717, 1.165) is 37.3 Å². The van der Waals surface area contributed by atoms with E-state index in [9.17, 15) is 10.1 Å². The zero-order valence-electron chi connectivity index (χ0n) is 14.8. The van der Waals surface area contributed by atoms with Crippen LogP contribution in [0.5, 0.6) is 5.75 Å². The molecule has 2 aromatic carbocycles. The maximum Gasteiger partial charge on any atom is 0.269 e. The van der Waals surface area contributed by atoms with Gasteiger partial charge in [-0.15, -0.1) is 11.3 Å². The van der Waals surface area contributed by atoms with Gasteiger partial charge in [0.2, 0.25) is 6.23 Å². The molecule has 0 unspecified atom stereocenters. The molecule has 0 bridgehead atoms. The second kappa shape index (κ2) is 7.23. The van der Waals surface area contributed by atoms with Crippen molar-refractivity contribution in [1.82, 2.24) is 5.01 Å². The average Bonchev–Trinajstić information content (AvgIpc) is 3.37. The number of benzene rings is 2. The molecule has 2 aliphatic heterocycles. The summed E-state index contributed by atoms with van der Waals surface area (Å²) in [7, 11) is 0. The smallest absolute Gasteiger partial charge is 0.269 e. The van der Waals surface area contributed by atoms with Crippen molar-refractivity contribution in [2.24, 2.45) is 5.10 Å². The summed E-state index contributed by atoms with van der Waals surface area (Å²) in [6.07, 6.45) is 0.188. The molecule has 2 atom stereocenters. The van der Waals surface area contributed by atoms with Gasteiger partial charge >= 0.3 is 0 Å². The number of hydrazone groups is 1. The Morgan fingerprint density at radius 2 is 2.07 bits per heavy atom. The highest BCUT2D eigenvalue weighted by Crippen LogP contribution is 2.51. The first kappa shape index (κ1) is 18.8. The summed E-state index contributed by atoms with van der Waals surface area (Å²) >= 11 is 8.82. The van der Waals surface area contributed by atoms with Crippen LogP contribution >= 0.6 is 43.2 Å². The number of hydrogen-bond acceptors (Lipinski definition) is 6. The highest BCUT2D eigenvalue weighted by Gasteiger charge is 2.42. The predicted molar refractivity (Wildman–Crippen MR) is 118 cm³/mol. The Labute approximate surface area is 187 Å². The van der Waals surface area contributed by atoms with Crippen molar-refractivity contribution in [1.29, 1.82) is 0 Å². The van der Waals surface area contributed by atoms with Gasteiger partial charge in [-0.25, -0.2) is 5.01 Å². The van der Waals surface area contributed by atoms with Crippen LogP contribution in [0.2, 0.25) is 0 Å². The number of nitro benzene ring substituents is 1. The first-order valence-corrected chi connectivity index (χ1v) is 11.3. The van der Waals surface area contributed by atoms with E-state index in [1.54, 1.807) is 23.5 Å². The van der Waals surface area contributed by atoms with Crippen LogP contribution in [0.4, 0.5) is 5.69 Å². The molecule has 0 saturated heterocycles. The molecule has 0 saturated carbocycles. The number of fused-ring (bicyclic) bond motifs is 3. The van der Waals surface area contributed by atoms with Crippen LogP contribution in [0.1, 0.15) is 34.7 Å². The van der Waals surface area contributed by atoms with Crippen molar-refractivity contribution in [2.45, 2.75) is 18.7 Å². The van der Waals surface area contributed by atoms with Crippen molar-refractivity contribution < 1.29 is 9.66 Å². The first-order valence-electron chi connectivity index (χ1n) is 8.81. The Hall–Kier alpha value is -2.23. The number of rotatable bonds is 3. The number of halogens is 2. The Morgan fingerprint density at radius 3 is 2.83 bits per heavy atom. The van der Waals surface area contributed by atoms with Crippen molar-refractivity contribution in [3.05, 3.63) is 89.0 Å². The molecule has 2 aliphatic rings. The van der Waals surface area contributed by atoms with Crippen LogP contribution in [-0.4, -0.2) is 15.6 Å². The van der Waals surface area contributed by atoms with Crippen LogP contribution in [0, 0.1) is 10.1 Å². The van der Waals surface area contributed by atoms with E-state index in [-0.39, 0.29) is 11.7 Å². The largest absolute Gasteiger partial charge is 0.463 e. The van der Waals surface area contributed by atoms with E-state index in [1.165, 1.54) is 6.07 Å². The summed E-state index contributed by atoms with van der Waals surface area (Å²) in [5, 5.41) is 20.1. The highest BCUT2D eigenvalue weighted by atomic mass is 79.9. The Morgan fingerprint density at radius 1 is 1.21 bits per heavy atom. The fourth-order valence-corrected chi connectivity index (χ4v) is 5.79. The van der Waals surface area contributed by atoms with Crippen molar-refractivity contribution >= 4 is 54.6 Å². The van der Waals surface area contributed by atoms with Gasteiger partial charge in [0.1, 0.15) is 5.75 Å². The van der Waals surface area contributed by atoms with Crippen LogP contribution in [0.25, 0.3) is 0 Å². The lowest BCUT2D eigenvalue weighted by Gasteiger charge is -2.38. The third-order valence-electron chi connectivity index (χ3n) is 4.98. The minimum Gasteiger partial charge on any atom is -0.463 e. The third kappa shape index (κ3) is 3.27. The molecule has 9 heteroatoms. The molecule has 5 rings (SSSR count). The molecule has 0 fully saturated rings. The Bertz CT molecular complexity index is 1150. The zero-order valence-corrected chi connectivity index (χ0v) is 18.8. The second-order valence-electron chi connectivity index (χ2n) is 6.75. The number of hydrogen-bond donors (Lipinski definition) is 0. The fourth-order valence-electron chi connectivity index (χ4n) is 3.72. The lowest BCUT2D eigenvalue weighted by molar-refractivity contribution is -0.385. The molecule has 0 amide bonds. The van der Waals surface area contributed by atoms with Gasteiger partial charge < -0.3 is 4.74 Å². The monoisotopic (exact) mass is 533 g/mol. The number of thiophene rings is 1. The molecule has 0 N–H and O–H groups in total. The van der Waals surface area contributed by atoms with Gasteiger partial charge in [0.15, 0.2) is 0 Å². The topological polar surface area (TPSA) is 68.0 Å². The van der Waals surface area contributed by atoms with E-state index < -0.39 is 11.2 Å². The van der Waals surface area contributed by atoms with Gasteiger partial charge in [0.25, 0.3) is 5.69 Å². The summed E-state index contributed by atoms with van der Waals surface area (Å²) in [4.78, 5) is 12.0. The molecule has 146 valence electrons. The zero-order chi connectivity index (χ0) is 20.1. The molecule has 0 radical (unpaired) electrons. The molecule has 0 spiro atoms. The predicted octanol–water partition coefficient (Wildman–Crippen LogP) is 6.42. The number of ether oxygens (including phenoxy) is 1. The third-order valence-corrected chi connectivity index (χ3v) is 6.95. The van der Waals surface area contributed by atoms with E-state index in [4.69, 9.17) is 9.84 Å². The molecule has 3 aromatic rings.